The normalized spacial score (nSPS) is 10.9. The third kappa shape index (κ3) is 4.98. The van der Waals surface area contributed by atoms with Gasteiger partial charge in [0.25, 0.3) is 0 Å². The number of ether oxygens (including phenoxy) is 1. The Labute approximate surface area is 120 Å². The molecule has 0 aliphatic carbocycles. The van der Waals surface area contributed by atoms with Gasteiger partial charge in [-0.2, -0.15) is 0 Å². The van der Waals surface area contributed by atoms with E-state index in [0.717, 1.165) is 34.1 Å². The van der Waals surface area contributed by atoms with Crippen molar-refractivity contribution in [3.05, 3.63) is 26.6 Å². The smallest absolute Gasteiger partial charge is 0.147 e. The van der Waals surface area contributed by atoms with Crippen LogP contribution in [0, 0.1) is 5.92 Å². The zero-order chi connectivity index (χ0) is 12.8. The predicted octanol–water partition coefficient (Wildman–Crippen LogP) is 4.14. The maximum atomic E-state index is 5.79. The molecule has 0 fully saturated rings. The minimum Gasteiger partial charge on any atom is -0.491 e. The van der Waals surface area contributed by atoms with Gasteiger partial charge >= 0.3 is 0 Å². The Kier molecular flexibility index (Phi) is 6.52. The first-order valence-electron chi connectivity index (χ1n) is 5.85. The first kappa shape index (κ1) is 15.0. The van der Waals surface area contributed by atoms with Crippen LogP contribution in [0.2, 0.25) is 0 Å². The van der Waals surface area contributed by atoms with E-state index in [1.807, 2.05) is 0 Å². The number of nitrogens with two attached hydrogens (primary N) is 1. The van der Waals surface area contributed by atoms with Crippen molar-refractivity contribution in [2.75, 3.05) is 13.2 Å². The third-order valence-corrected chi connectivity index (χ3v) is 3.61. The molecule has 17 heavy (non-hydrogen) atoms. The summed E-state index contributed by atoms with van der Waals surface area (Å²) in [4.78, 5) is 0. The van der Waals surface area contributed by atoms with Crippen LogP contribution in [0.1, 0.15) is 25.8 Å². The summed E-state index contributed by atoms with van der Waals surface area (Å²) >= 11 is 7.08. The van der Waals surface area contributed by atoms with E-state index in [-0.39, 0.29) is 0 Å². The number of rotatable bonds is 6. The highest BCUT2D eigenvalue weighted by Gasteiger charge is 2.09. The van der Waals surface area contributed by atoms with E-state index < -0.39 is 0 Å². The molecule has 4 heteroatoms. The standard InChI is InChI=1S/C13H19Br2NO/c1-9(2)4-6-17-13-11(14)7-10(3-5-16)8-12(13)15/h7-9H,3-6,16H2,1-2H3. The minimum absolute atomic E-state index is 0.657. The van der Waals surface area contributed by atoms with E-state index in [1.54, 1.807) is 0 Å². The SMILES string of the molecule is CC(C)CCOc1c(Br)cc(CCN)cc1Br. The van der Waals surface area contributed by atoms with Gasteiger partial charge < -0.3 is 10.5 Å². The first-order valence-corrected chi connectivity index (χ1v) is 7.44. The predicted molar refractivity (Wildman–Crippen MR) is 79.6 cm³/mol. The van der Waals surface area contributed by atoms with E-state index in [4.69, 9.17) is 10.5 Å². The monoisotopic (exact) mass is 363 g/mol. The average Bonchev–Trinajstić information content (AvgIpc) is 2.22. The molecule has 0 bridgehead atoms. The van der Waals surface area contributed by atoms with Crippen LogP contribution >= 0.6 is 31.9 Å². The number of benzene rings is 1. The lowest BCUT2D eigenvalue weighted by molar-refractivity contribution is 0.286. The molecule has 0 amide bonds. The number of halogens is 2. The van der Waals surface area contributed by atoms with Crippen molar-refractivity contribution in [3.8, 4) is 5.75 Å². The summed E-state index contributed by atoms with van der Waals surface area (Å²) in [5.74, 6) is 1.54. The molecule has 1 rings (SSSR count). The van der Waals surface area contributed by atoms with Crippen molar-refractivity contribution in [2.45, 2.75) is 26.7 Å². The molecule has 0 radical (unpaired) electrons. The molecule has 0 aliphatic rings. The minimum atomic E-state index is 0.657. The summed E-state index contributed by atoms with van der Waals surface area (Å²) in [6, 6.07) is 4.14. The molecular formula is C13H19Br2NO. The molecule has 0 aliphatic heterocycles. The van der Waals surface area contributed by atoms with Crippen molar-refractivity contribution in [1.82, 2.24) is 0 Å². The molecule has 96 valence electrons. The van der Waals surface area contributed by atoms with Gasteiger partial charge in [-0.1, -0.05) is 13.8 Å². The van der Waals surface area contributed by atoms with Gasteiger partial charge in [0, 0.05) is 0 Å². The van der Waals surface area contributed by atoms with Gasteiger partial charge in [-0.25, -0.2) is 0 Å². The van der Waals surface area contributed by atoms with Gasteiger partial charge in [0.05, 0.1) is 15.6 Å². The Morgan fingerprint density at radius 1 is 1.24 bits per heavy atom. The van der Waals surface area contributed by atoms with Crippen molar-refractivity contribution >= 4 is 31.9 Å². The van der Waals surface area contributed by atoms with Crippen molar-refractivity contribution in [2.24, 2.45) is 11.7 Å². The maximum absolute atomic E-state index is 5.79. The van der Waals surface area contributed by atoms with Crippen LogP contribution in [0.15, 0.2) is 21.1 Å². The Morgan fingerprint density at radius 3 is 2.29 bits per heavy atom. The molecule has 2 nitrogen and oxygen atoms in total. The summed E-state index contributed by atoms with van der Waals surface area (Å²) < 4.78 is 7.76. The second-order valence-corrected chi connectivity index (χ2v) is 6.17. The Balaban J connectivity index is 2.72. The van der Waals surface area contributed by atoms with Crippen LogP contribution in [0.5, 0.6) is 5.75 Å². The zero-order valence-corrected chi connectivity index (χ0v) is 13.5. The number of hydrogen-bond acceptors (Lipinski definition) is 2. The van der Waals surface area contributed by atoms with Gasteiger partial charge in [0.15, 0.2) is 0 Å². The summed E-state index contributed by atoms with van der Waals surface area (Å²) in [5, 5.41) is 0. The topological polar surface area (TPSA) is 35.2 Å². The van der Waals surface area contributed by atoms with Gasteiger partial charge in [0.1, 0.15) is 5.75 Å². The number of hydrogen-bond donors (Lipinski definition) is 1. The van der Waals surface area contributed by atoms with Crippen molar-refractivity contribution in [3.63, 3.8) is 0 Å². The van der Waals surface area contributed by atoms with Gasteiger partial charge in [0.2, 0.25) is 0 Å². The zero-order valence-electron chi connectivity index (χ0n) is 10.3. The molecule has 2 N–H and O–H groups in total. The molecule has 0 saturated carbocycles. The summed E-state index contributed by atoms with van der Waals surface area (Å²) in [6.07, 6.45) is 1.94. The van der Waals surface area contributed by atoms with Crippen LogP contribution in [0.3, 0.4) is 0 Å². The lowest BCUT2D eigenvalue weighted by Gasteiger charge is -2.13. The molecule has 0 unspecified atom stereocenters. The molecule has 0 heterocycles. The first-order chi connectivity index (χ1) is 8.04. The van der Waals surface area contributed by atoms with Crippen LogP contribution in [0.4, 0.5) is 0 Å². The van der Waals surface area contributed by atoms with Gasteiger partial charge in [-0.15, -0.1) is 0 Å². The average molecular weight is 365 g/mol. The molecule has 0 atom stereocenters. The maximum Gasteiger partial charge on any atom is 0.147 e. The van der Waals surface area contributed by atoms with Crippen LogP contribution < -0.4 is 10.5 Å². The third-order valence-electron chi connectivity index (χ3n) is 2.43. The Bertz CT molecular complexity index is 343. The Hall–Kier alpha value is -0.0600. The fourth-order valence-corrected chi connectivity index (χ4v) is 2.97. The second-order valence-electron chi connectivity index (χ2n) is 4.46. The molecular weight excluding hydrogens is 346 g/mol. The lowest BCUT2D eigenvalue weighted by Crippen LogP contribution is -2.05. The molecule has 0 aromatic heterocycles. The quantitative estimate of drug-likeness (QED) is 0.823. The molecule has 0 saturated heterocycles. The van der Waals surface area contributed by atoms with E-state index in [2.05, 4.69) is 57.8 Å². The van der Waals surface area contributed by atoms with Crippen molar-refractivity contribution in [1.29, 1.82) is 0 Å². The lowest BCUT2D eigenvalue weighted by atomic mass is 10.1. The van der Waals surface area contributed by atoms with Crippen LogP contribution in [-0.2, 0) is 6.42 Å². The van der Waals surface area contributed by atoms with Crippen molar-refractivity contribution < 1.29 is 4.74 Å². The summed E-state index contributed by atoms with van der Waals surface area (Å²) in [7, 11) is 0. The van der Waals surface area contributed by atoms with E-state index in [9.17, 15) is 0 Å². The second kappa shape index (κ2) is 7.39. The Morgan fingerprint density at radius 2 is 1.82 bits per heavy atom. The fraction of sp³-hybridized carbons (Fsp3) is 0.538. The molecule has 0 spiro atoms. The van der Waals surface area contributed by atoms with Crippen LogP contribution in [0.25, 0.3) is 0 Å². The van der Waals surface area contributed by atoms with E-state index >= 15 is 0 Å². The molecule has 1 aromatic carbocycles. The van der Waals surface area contributed by atoms with Gasteiger partial charge in [-0.05, 0) is 74.9 Å². The molecule has 1 aromatic rings. The highest BCUT2D eigenvalue weighted by Crippen LogP contribution is 2.35. The van der Waals surface area contributed by atoms with Crippen LogP contribution in [-0.4, -0.2) is 13.2 Å². The highest BCUT2D eigenvalue weighted by molar-refractivity contribution is 9.11. The highest BCUT2D eigenvalue weighted by atomic mass is 79.9. The van der Waals surface area contributed by atoms with Gasteiger partial charge in [-0.3, -0.25) is 0 Å². The summed E-state index contributed by atoms with van der Waals surface area (Å²) in [5.41, 5.74) is 6.76. The largest absolute Gasteiger partial charge is 0.491 e. The fourth-order valence-electron chi connectivity index (χ4n) is 1.46. The summed E-state index contributed by atoms with van der Waals surface area (Å²) in [6.45, 7) is 5.78. The van der Waals surface area contributed by atoms with E-state index in [1.165, 1.54) is 5.56 Å². The van der Waals surface area contributed by atoms with E-state index in [0.29, 0.717) is 12.5 Å².